The highest BCUT2D eigenvalue weighted by Crippen LogP contribution is 2.41. The molecule has 1 aromatic carbocycles. The summed E-state index contributed by atoms with van der Waals surface area (Å²) in [4.78, 5) is 23.9. The summed E-state index contributed by atoms with van der Waals surface area (Å²) in [5, 5.41) is 2.65. The summed E-state index contributed by atoms with van der Waals surface area (Å²) in [6, 6.07) is 8.77. The van der Waals surface area contributed by atoms with Crippen LogP contribution < -0.4 is 5.32 Å². The number of hydrogen-bond donors (Lipinski definition) is 1. The van der Waals surface area contributed by atoms with Crippen molar-refractivity contribution in [3.05, 3.63) is 35.9 Å². The summed E-state index contributed by atoms with van der Waals surface area (Å²) < 4.78 is 10.0. The van der Waals surface area contributed by atoms with Crippen molar-refractivity contribution in [3.8, 4) is 0 Å². The molecule has 1 unspecified atom stereocenters. The number of alkyl carbamates (subject to hydrolysis) is 1. The van der Waals surface area contributed by atoms with E-state index in [1.165, 1.54) is 20.0 Å². The number of ether oxygens (including phenoxy) is 2. The van der Waals surface area contributed by atoms with Crippen LogP contribution in [0.4, 0.5) is 4.79 Å². The molecule has 0 heterocycles. The van der Waals surface area contributed by atoms with Crippen molar-refractivity contribution in [1.82, 2.24) is 5.32 Å². The van der Waals surface area contributed by atoms with Crippen molar-refractivity contribution in [3.63, 3.8) is 0 Å². The number of benzene rings is 1. The van der Waals surface area contributed by atoms with Crippen LogP contribution in [0.15, 0.2) is 30.3 Å². The van der Waals surface area contributed by atoms with Crippen molar-refractivity contribution < 1.29 is 19.1 Å². The van der Waals surface area contributed by atoms with Gasteiger partial charge in [0, 0.05) is 0 Å². The molecule has 1 fully saturated rings. The number of hydrogen-bond acceptors (Lipinski definition) is 4. The van der Waals surface area contributed by atoms with Gasteiger partial charge in [-0.2, -0.15) is 0 Å². The molecule has 1 saturated carbocycles. The molecular formula is C18H25NO4. The van der Waals surface area contributed by atoms with E-state index in [1.54, 1.807) is 0 Å². The van der Waals surface area contributed by atoms with Crippen molar-refractivity contribution >= 4 is 12.1 Å². The quantitative estimate of drug-likeness (QED) is 0.816. The molecule has 0 radical (unpaired) electrons. The average Bonchev–Trinajstić information content (AvgIpc) is 2.99. The molecule has 1 N–H and O–H groups in total. The van der Waals surface area contributed by atoms with Crippen LogP contribution in [0.5, 0.6) is 0 Å². The lowest BCUT2D eigenvalue weighted by Crippen LogP contribution is -2.44. The minimum Gasteiger partial charge on any atom is -0.467 e. The lowest BCUT2D eigenvalue weighted by Gasteiger charge is -2.28. The number of amides is 1. The first-order valence-electron chi connectivity index (χ1n) is 8.07. The van der Waals surface area contributed by atoms with Crippen molar-refractivity contribution in [2.75, 3.05) is 7.11 Å². The van der Waals surface area contributed by atoms with E-state index in [2.05, 4.69) is 12.2 Å². The molecule has 1 aliphatic rings. The number of nitrogens with one attached hydrogen (secondary N) is 1. The van der Waals surface area contributed by atoms with E-state index in [4.69, 9.17) is 9.47 Å². The summed E-state index contributed by atoms with van der Waals surface area (Å²) in [6.45, 7) is 2.34. The van der Waals surface area contributed by atoms with Gasteiger partial charge >= 0.3 is 12.1 Å². The highest BCUT2D eigenvalue weighted by atomic mass is 16.6. The predicted octanol–water partition coefficient (Wildman–Crippen LogP) is 3.42. The number of carbonyl (C=O) groups is 2. The first kappa shape index (κ1) is 17.3. The van der Waals surface area contributed by atoms with Crippen molar-refractivity contribution in [1.29, 1.82) is 0 Å². The van der Waals surface area contributed by atoms with Gasteiger partial charge in [-0.15, -0.1) is 0 Å². The molecule has 23 heavy (non-hydrogen) atoms. The van der Waals surface area contributed by atoms with Gasteiger partial charge in [0.1, 0.15) is 12.6 Å². The minimum atomic E-state index is -0.661. The van der Waals surface area contributed by atoms with Crippen molar-refractivity contribution in [2.24, 2.45) is 5.41 Å². The van der Waals surface area contributed by atoms with E-state index in [9.17, 15) is 9.59 Å². The van der Waals surface area contributed by atoms with E-state index < -0.39 is 18.1 Å². The molecule has 0 aliphatic heterocycles. The number of rotatable bonds is 6. The lowest BCUT2D eigenvalue weighted by molar-refractivity contribution is -0.143. The highest BCUT2D eigenvalue weighted by Gasteiger charge is 2.35. The Morgan fingerprint density at radius 2 is 1.87 bits per heavy atom. The Balaban J connectivity index is 1.89. The molecule has 5 heteroatoms. The highest BCUT2D eigenvalue weighted by molar-refractivity contribution is 5.81. The first-order chi connectivity index (χ1) is 11.0. The maximum absolute atomic E-state index is 12.0. The fourth-order valence-electron chi connectivity index (χ4n) is 3.17. The Hall–Kier alpha value is -2.04. The Labute approximate surface area is 137 Å². The number of methoxy groups -OCH3 is 1. The molecule has 0 bridgehead atoms. The molecule has 2 rings (SSSR count). The topological polar surface area (TPSA) is 64.6 Å². The molecule has 1 amide bonds. The van der Waals surface area contributed by atoms with Gasteiger partial charge in [0.05, 0.1) is 7.11 Å². The maximum Gasteiger partial charge on any atom is 0.408 e. The van der Waals surface area contributed by atoms with Crippen LogP contribution in [-0.2, 0) is 20.9 Å². The van der Waals surface area contributed by atoms with Gasteiger partial charge in [0.25, 0.3) is 0 Å². The van der Waals surface area contributed by atoms with Crippen LogP contribution in [0.25, 0.3) is 0 Å². The van der Waals surface area contributed by atoms with Crippen LogP contribution in [0.3, 0.4) is 0 Å². The van der Waals surface area contributed by atoms with Crippen LogP contribution in [0.2, 0.25) is 0 Å². The van der Waals surface area contributed by atoms with E-state index in [0.29, 0.717) is 6.42 Å². The molecule has 1 aliphatic carbocycles. The summed E-state index contributed by atoms with van der Waals surface area (Å²) in [5.74, 6) is -0.421. The maximum atomic E-state index is 12.0. The molecule has 0 saturated heterocycles. The number of esters is 1. The lowest BCUT2D eigenvalue weighted by atomic mass is 9.82. The summed E-state index contributed by atoms with van der Waals surface area (Å²) >= 11 is 0. The van der Waals surface area contributed by atoms with E-state index in [1.807, 2.05) is 30.3 Å². The monoisotopic (exact) mass is 319 g/mol. The zero-order valence-electron chi connectivity index (χ0n) is 13.8. The van der Waals surface area contributed by atoms with Gasteiger partial charge in [0.15, 0.2) is 0 Å². The van der Waals surface area contributed by atoms with Crippen LogP contribution in [0.1, 0.15) is 44.6 Å². The third kappa shape index (κ3) is 5.27. The average molecular weight is 319 g/mol. The largest absolute Gasteiger partial charge is 0.467 e. The smallest absolute Gasteiger partial charge is 0.408 e. The van der Waals surface area contributed by atoms with Gasteiger partial charge in [-0.1, -0.05) is 50.1 Å². The van der Waals surface area contributed by atoms with E-state index in [0.717, 1.165) is 18.4 Å². The van der Waals surface area contributed by atoms with E-state index >= 15 is 0 Å². The molecule has 1 aromatic rings. The molecule has 126 valence electrons. The third-order valence-electron chi connectivity index (χ3n) is 4.50. The Bertz CT molecular complexity index is 523. The minimum absolute atomic E-state index is 0.0750. The molecular weight excluding hydrogens is 294 g/mol. The molecule has 0 aromatic heterocycles. The molecule has 1 atom stereocenters. The van der Waals surface area contributed by atoms with Crippen LogP contribution >= 0.6 is 0 Å². The second-order valence-corrected chi connectivity index (χ2v) is 6.50. The Morgan fingerprint density at radius 1 is 1.22 bits per heavy atom. The van der Waals surface area contributed by atoms with Crippen molar-refractivity contribution in [2.45, 2.75) is 51.7 Å². The normalized spacial score (nSPS) is 17.3. The van der Waals surface area contributed by atoms with Gasteiger partial charge < -0.3 is 14.8 Å². The Kier molecular flexibility index (Phi) is 6.02. The fourth-order valence-corrected chi connectivity index (χ4v) is 3.17. The van der Waals surface area contributed by atoms with Gasteiger partial charge in [-0.25, -0.2) is 9.59 Å². The zero-order chi connectivity index (χ0) is 16.7. The van der Waals surface area contributed by atoms with Gasteiger partial charge in [-0.05, 0) is 30.2 Å². The summed E-state index contributed by atoms with van der Waals surface area (Å²) in [6.07, 6.45) is 4.47. The van der Waals surface area contributed by atoms with Gasteiger partial charge in [0.2, 0.25) is 0 Å². The fraction of sp³-hybridized carbons (Fsp3) is 0.556. The van der Waals surface area contributed by atoms with Gasteiger partial charge in [-0.3, -0.25) is 0 Å². The molecule has 5 nitrogen and oxygen atoms in total. The SMILES string of the molecule is COC(=O)C(CC1(C)CCCC1)NC(=O)OCc1ccccc1. The third-order valence-corrected chi connectivity index (χ3v) is 4.50. The van der Waals surface area contributed by atoms with E-state index in [-0.39, 0.29) is 12.0 Å². The summed E-state index contributed by atoms with van der Waals surface area (Å²) in [7, 11) is 1.34. The van der Waals surface area contributed by atoms with Crippen LogP contribution in [-0.4, -0.2) is 25.2 Å². The number of carbonyl (C=O) groups excluding carboxylic acids is 2. The standard InChI is InChI=1S/C18H25NO4/c1-18(10-6-7-11-18)12-15(16(20)22-2)19-17(21)23-13-14-8-4-3-5-9-14/h3-5,8-9,15H,6-7,10-13H2,1-2H3,(H,19,21). The Morgan fingerprint density at radius 3 is 2.48 bits per heavy atom. The first-order valence-corrected chi connectivity index (χ1v) is 8.07. The summed E-state index contributed by atoms with van der Waals surface area (Å²) in [5.41, 5.74) is 0.978. The molecule has 0 spiro atoms. The van der Waals surface area contributed by atoms with Crippen LogP contribution in [0, 0.1) is 5.41 Å². The second kappa shape index (κ2) is 7.99. The predicted molar refractivity (Wildman–Crippen MR) is 86.8 cm³/mol. The second-order valence-electron chi connectivity index (χ2n) is 6.50. The zero-order valence-corrected chi connectivity index (χ0v) is 13.8.